The highest BCUT2D eigenvalue weighted by atomic mass is 31.2. The molecule has 1 saturated heterocycles. The summed E-state index contributed by atoms with van der Waals surface area (Å²) in [5.41, 5.74) is -3.45. The lowest BCUT2D eigenvalue weighted by Gasteiger charge is -2.24. The van der Waals surface area contributed by atoms with Crippen molar-refractivity contribution in [2.24, 2.45) is 22.7 Å². The van der Waals surface area contributed by atoms with Crippen LogP contribution in [0.4, 0.5) is 0 Å². The zero-order chi connectivity index (χ0) is 30.3. The van der Waals surface area contributed by atoms with Crippen LogP contribution in [-0.4, -0.2) is 60.3 Å². The standard InChI is InChI=1S/C25H42NO12P/c1-15(2)11-19(27)38-26-18(37-21(29)16(3)4)12-17(20(26)28)39(32,35-13-33-22(30)24(5,6)7)36-14-34-23(31)25(8,9)10/h15-18H,11-14H2,1-10H3. The molecule has 0 aromatic carbocycles. The molecule has 0 spiro atoms. The molecule has 0 aromatic heterocycles. The van der Waals surface area contributed by atoms with E-state index >= 15 is 0 Å². The largest absolute Gasteiger partial charge is 0.438 e. The van der Waals surface area contributed by atoms with Gasteiger partial charge in [0.05, 0.1) is 23.2 Å². The molecule has 1 heterocycles. The number of nitrogens with zero attached hydrogens (tertiary/aromatic N) is 1. The third-order valence-electron chi connectivity index (χ3n) is 5.14. The van der Waals surface area contributed by atoms with Crippen molar-refractivity contribution in [2.45, 2.75) is 94.0 Å². The molecule has 0 N–H and O–H groups in total. The van der Waals surface area contributed by atoms with Gasteiger partial charge in [0.1, 0.15) is 5.66 Å². The third kappa shape index (κ3) is 10.5. The normalized spacial score (nSPS) is 18.4. The fraction of sp³-hybridized carbons (Fsp3) is 0.800. The Morgan fingerprint density at radius 1 is 0.897 bits per heavy atom. The van der Waals surface area contributed by atoms with Crippen LogP contribution < -0.4 is 0 Å². The molecule has 1 rings (SSSR count). The summed E-state index contributed by atoms with van der Waals surface area (Å²) >= 11 is 0. The Morgan fingerprint density at radius 3 is 1.74 bits per heavy atom. The number of hydroxylamine groups is 2. The Balaban J connectivity index is 3.26. The van der Waals surface area contributed by atoms with E-state index in [4.69, 9.17) is 28.1 Å². The van der Waals surface area contributed by atoms with E-state index in [1.807, 2.05) is 0 Å². The van der Waals surface area contributed by atoms with Crippen LogP contribution in [0, 0.1) is 22.7 Å². The zero-order valence-electron chi connectivity index (χ0n) is 24.4. The summed E-state index contributed by atoms with van der Waals surface area (Å²) in [7, 11) is -4.58. The SMILES string of the molecule is CC(C)CC(=O)ON1C(=O)C(P(=O)(OCOC(=O)C(C)(C)C)OCOC(=O)C(C)(C)C)CC1OC(=O)C(C)C. The average molecular weight is 580 g/mol. The second-order valence-corrected chi connectivity index (χ2v) is 14.1. The van der Waals surface area contributed by atoms with Crippen LogP contribution in [0.15, 0.2) is 0 Å². The quantitative estimate of drug-likeness (QED) is 0.142. The molecule has 224 valence electrons. The number of hydrogen-bond acceptors (Lipinski definition) is 12. The van der Waals surface area contributed by atoms with Crippen molar-refractivity contribution in [1.29, 1.82) is 0 Å². The number of carbonyl (C=O) groups is 5. The lowest BCUT2D eigenvalue weighted by Crippen LogP contribution is -2.40. The van der Waals surface area contributed by atoms with Gasteiger partial charge in [0.2, 0.25) is 19.8 Å². The fourth-order valence-corrected chi connectivity index (χ4v) is 4.50. The lowest BCUT2D eigenvalue weighted by atomic mass is 9.98. The van der Waals surface area contributed by atoms with Crippen molar-refractivity contribution in [2.75, 3.05) is 13.6 Å². The maximum atomic E-state index is 13.9. The summed E-state index contributed by atoms with van der Waals surface area (Å²) < 4.78 is 39.9. The lowest BCUT2D eigenvalue weighted by molar-refractivity contribution is -0.229. The van der Waals surface area contributed by atoms with Gasteiger partial charge in [0.25, 0.3) is 5.91 Å². The van der Waals surface area contributed by atoms with Gasteiger partial charge in [-0.15, -0.1) is 5.06 Å². The number of esters is 3. The topological polar surface area (TPSA) is 161 Å². The molecule has 1 fully saturated rings. The first kappa shape index (κ1) is 34.5. The molecule has 14 heteroatoms. The molecule has 0 saturated carbocycles. The van der Waals surface area contributed by atoms with Gasteiger partial charge in [-0.1, -0.05) is 27.7 Å². The van der Waals surface area contributed by atoms with Gasteiger partial charge in [-0.2, -0.15) is 0 Å². The molecule has 2 unspecified atom stereocenters. The van der Waals surface area contributed by atoms with Crippen molar-refractivity contribution in [3.63, 3.8) is 0 Å². The molecule has 39 heavy (non-hydrogen) atoms. The summed E-state index contributed by atoms with van der Waals surface area (Å²) in [4.78, 5) is 67.5. The van der Waals surface area contributed by atoms with Gasteiger partial charge in [0, 0.05) is 6.42 Å². The average Bonchev–Trinajstić information content (AvgIpc) is 3.07. The second-order valence-electron chi connectivity index (χ2n) is 11.9. The minimum absolute atomic E-state index is 0.0462. The predicted molar refractivity (Wildman–Crippen MR) is 136 cm³/mol. The first-order valence-corrected chi connectivity index (χ1v) is 14.3. The van der Waals surface area contributed by atoms with Crippen molar-refractivity contribution in [1.82, 2.24) is 5.06 Å². The molecule has 1 amide bonds. The molecule has 0 aliphatic carbocycles. The van der Waals surface area contributed by atoms with E-state index in [1.54, 1.807) is 69.2 Å². The number of rotatable bonds is 12. The number of ether oxygens (including phenoxy) is 3. The van der Waals surface area contributed by atoms with E-state index in [-0.39, 0.29) is 12.3 Å². The van der Waals surface area contributed by atoms with Crippen molar-refractivity contribution < 1.29 is 56.6 Å². The minimum Gasteiger partial charge on any atom is -0.438 e. The van der Waals surface area contributed by atoms with E-state index in [0.29, 0.717) is 5.06 Å². The van der Waals surface area contributed by atoms with Gasteiger partial charge >= 0.3 is 31.5 Å². The van der Waals surface area contributed by atoms with Crippen LogP contribution in [0.25, 0.3) is 0 Å². The molecule has 1 aliphatic rings. The molecule has 0 aromatic rings. The Morgan fingerprint density at radius 2 is 1.36 bits per heavy atom. The van der Waals surface area contributed by atoms with Crippen molar-refractivity contribution >= 4 is 37.4 Å². The van der Waals surface area contributed by atoms with Crippen molar-refractivity contribution in [3.8, 4) is 0 Å². The summed E-state index contributed by atoms with van der Waals surface area (Å²) in [5, 5.41) is 0.539. The van der Waals surface area contributed by atoms with Crippen LogP contribution in [0.2, 0.25) is 0 Å². The fourth-order valence-electron chi connectivity index (χ4n) is 2.85. The van der Waals surface area contributed by atoms with Crippen LogP contribution in [0.5, 0.6) is 0 Å². The van der Waals surface area contributed by atoms with Gasteiger partial charge in [-0.05, 0) is 47.5 Å². The summed E-state index contributed by atoms with van der Waals surface area (Å²) in [5.74, 6) is -4.55. The molecular formula is C25H42NO12P. The number of hydrogen-bond donors (Lipinski definition) is 0. The highest BCUT2D eigenvalue weighted by Crippen LogP contribution is 2.57. The van der Waals surface area contributed by atoms with Crippen LogP contribution in [0.1, 0.15) is 82.1 Å². The first-order chi connectivity index (χ1) is 17.7. The highest BCUT2D eigenvalue weighted by molar-refractivity contribution is 7.55. The van der Waals surface area contributed by atoms with E-state index in [0.717, 1.165) is 0 Å². The number of carbonyl (C=O) groups excluding carboxylic acids is 5. The molecule has 2 atom stereocenters. The first-order valence-electron chi connectivity index (χ1n) is 12.7. The molecular weight excluding hydrogens is 537 g/mol. The summed E-state index contributed by atoms with van der Waals surface area (Å²) in [6, 6.07) is 0. The zero-order valence-corrected chi connectivity index (χ0v) is 25.3. The Hall–Kier alpha value is -2.50. The Kier molecular flexibility index (Phi) is 12.1. The predicted octanol–water partition coefficient (Wildman–Crippen LogP) is 3.94. The summed E-state index contributed by atoms with van der Waals surface area (Å²) in [6.45, 7) is 14.5. The molecule has 0 bridgehead atoms. The van der Waals surface area contributed by atoms with E-state index in [1.165, 1.54) is 0 Å². The molecule has 1 aliphatic heterocycles. The van der Waals surface area contributed by atoms with Gasteiger partial charge < -0.3 is 19.0 Å². The van der Waals surface area contributed by atoms with Crippen LogP contribution in [0.3, 0.4) is 0 Å². The maximum absolute atomic E-state index is 13.9. The van der Waals surface area contributed by atoms with Gasteiger partial charge in [-0.3, -0.25) is 32.8 Å². The van der Waals surface area contributed by atoms with Gasteiger partial charge in [-0.25, -0.2) is 4.79 Å². The summed E-state index contributed by atoms with van der Waals surface area (Å²) in [6.07, 6.45) is -1.91. The van der Waals surface area contributed by atoms with E-state index < -0.39 is 86.0 Å². The smallest absolute Gasteiger partial charge is 0.349 e. The molecule has 13 nitrogen and oxygen atoms in total. The van der Waals surface area contributed by atoms with E-state index in [9.17, 15) is 28.5 Å². The van der Waals surface area contributed by atoms with Gasteiger partial charge in [0.15, 0.2) is 0 Å². The number of amides is 1. The second kappa shape index (κ2) is 13.7. The van der Waals surface area contributed by atoms with E-state index in [2.05, 4.69) is 0 Å². The van der Waals surface area contributed by atoms with Crippen LogP contribution in [-0.2, 0) is 56.6 Å². The Bertz CT molecular complexity index is 927. The van der Waals surface area contributed by atoms with Crippen molar-refractivity contribution in [3.05, 3.63) is 0 Å². The monoisotopic (exact) mass is 579 g/mol. The Labute approximate surface area is 229 Å². The minimum atomic E-state index is -4.58. The highest BCUT2D eigenvalue weighted by Gasteiger charge is 2.55. The third-order valence-corrected chi connectivity index (χ3v) is 7.26. The maximum Gasteiger partial charge on any atom is 0.349 e. The molecule has 0 radical (unpaired) electrons. The van der Waals surface area contributed by atoms with Crippen LogP contribution >= 0.6 is 7.60 Å².